The van der Waals surface area contributed by atoms with Crippen LogP contribution in [0.15, 0.2) is 8.68 Å². The molecule has 17 heavy (non-hydrogen) atoms. The van der Waals surface area contributed by atoms with Gasteiger partial charge in [0.2, 0.25) is 0 Å². The lowest BCUT2D eigenvalue weighted by atomic mass is 10.2. The predicted molar refractivity (Wildman–Crippen MR) is 77.3 cm³/mol. The van der Waals surface area contributed by atoms with Crippen LogP contribution in [0.2, 0.25) is 0 Å². The average Bonchev–Trinajstić information content (AvgIpc) is 2.96. The first-order valence-corrected chi connectivity index (χ1v) is 9.01. The van der Waals surface area contributed by atoms with Crippen molar-refractivity contribution in [1.29, 1.82) is 0 Å². The summed E-state index contributed by atoms with van der Waals surface area (Å²) in [6.07, 6.45) is 7.17. The summed E-state index contributed by atoms with van der Waals surface area (Å²) < 4.78 is 2.21. The molecule has 6 heteroatoms. The van der Waals surface area contributed by atoms with Crippen molar-refractivity contribution >= 4 is 34.9 Å². The molecule has 3 nitrogen and oxygen atoms in total. The minimum atomic E-state index is 0.723. The van der Waals surface area contributed by atoms with E-state index in [-0.39, 0.29) is 0 Å². The Hall–Kier alpha value is 0.220. The van der Waals surface area contributed by atoms with Crippen LogP contribution in [0.5, 0.6) is 0 Å². The summed E-state index contributed by atoms with van der Waals surface area (Å²) in [5.41, 5.74) is 0. The molecule has 0 spiro atoms. The van der Waals surface area contributed by atoms with Gasteiger partial charge in [-0.3, -0.25) is 0 Å². The fourth-order valence-electron chi connectivity index (χ4n) is 2.05. The Kier molecular flexibility index (Phi) is 5.59. The Bertz CT molecular complexity index is 342. The van der Waals surface area contributed by atoms with Gasteiger partial charge in [-0.2, -0.15) is 0 Å². The lowest BCUT2D eigenvalue weighted by Gasteiger charge is -2.11. The van der Waals surface area contributed by atoms with Gasteiger partial charge in [0, 0.05) is 11.3 Å². The molecule has 1 heterocycles. The molecular formula is C11H19N3S3. The predicted octanol–water partition coefficient (Wildman–Crippen LogP) is 3.27. The highest BCUT2D eigenvalue weighted by molar-refractivity contribution is 8.03. The molecule has 1 aromatic rings. The van der Waals surface area contributed by atoms with E-state index in [1.54, 1.807) is 23.1 Å². The molecule has 1 aromatic heterocycles. The standard InChI is InChI=1S/C11H19N3S3/c1-3-6-12-8-4-5-9(7-8)16-11-14-13-10(15-2)17-11/h8-9,12H,3-7H2,1-2H3. The van der Waals surface area contributed by atoms with Gasteiger partial charge in [-0.05, 0) is 38.5 Å². The first-order chi connectivity index (χ1) is 8.31. The molecule has 2 rings (SSSR count). The monoisotopic (exact) mass is 289 g/mol. The van der Waals surface area contributed by atoms with Crippen molar-refractivity contribution in [3.63, 3.8) is 0 Å². The second-order valence-electron chi connectivity index (χ2n) is 4.24. The van der Waals surface area contributed by atoms with Crippen LogP contribution in [0.1, 0.15) is 32.6 Å². The second-order valence-corrected chi connectivity index (χ2v) is 7.82. The molecule has 1 aliphatic carbocycles. The molecule has 0 radical (unpaired) electrons. The third-order valence-electron chi connectivity index (χ3n) is 2.90. The van der Waals surface area contributed by atoms with Gasteiger partial charge < -0.3 is 5.32 Å². The Labute approximate surface area is 116 Å². The van der Waals surface area contributed by atoms with Crippen molar-refractivity contribution in [2.75, 3.05) is 12.8 Å². The number of nitrogens with zero attached hydrogens (tertiary/aromatic N) is 2. The molecule has 2 atom stereocenters. The molecule has 1 fully saturated rings. The second kappa shape index (κ2) is 6.97. The van der Waals surface area contributed by atoms with Crippen LogP contribution < -0.4 is 5.32 Å². The quantitative estimate of drug-likeness (QED) is 0.814. The molecule has 0 amide bonds. The van der Waals surface area contributed by atoms with Gasteiger partial charge in [0.05, 0.1) is 0 Å². The number of nitrogens with one attached hydrogen (secondary N) is 1. The third-order valence-corrected chi connectivity index (χ3v) is 6.17. The molecule has 1 aliphatic rings. The van der Waals surface area contributed by atoms with Gasteiger partial charge in [0.1, 0.15) is 0 Å². The van der Waals surface area contributed by atoms with E-state index in [1.165, 1.54) is 25.7 Å². The summed E-state index contributed by atoms with van der Waals surface area (Å²) in [5.74, 6) is 0. The lowest BCUT2D eigenvalue weighted by molar-refractivity contribution is 0.524. The molecular weight excluding hydrogens is 270 g/mol. The molecule has 0 bridgehead atoms. The number of rotatable bonds is 6. The highest BCUT2D eigenvalue weighted by atomic mass is 32.2. The highest BCUT2D eigenvalue weighted by Crippen LogP contribution is 2.37. The molecule has 1 N–H and O–H groups in total. The highest BCUT2D eigenvalue weighted by Gasteiger charge is 2.25. The zero-order chi connectivity index (χ0) is 12.1. The van der Waals surface area contributed by atoms with E-state index in [1.807, 2.05) is 11.8 Å². The van der Waals surface area contributed by atoms with E-state index in [4.69, 9.17) is 0 Å². The molecule has 2 unspecified atom stereocenters. The van der Waals surface area contributed by atoms with Crippen molar-refractivity contribution in [3.8, 4) is 0 Å². The number of aromatic nitrogens is 2. The van der Waals surface area contributed by atoms with Crippen LogP contribution in [0.4, 0.5) is 0 Å². The number of hydrogen-bond donors (Lipinski definition) is 1. The van der Waals surface area contributed by atoms with Gasteiger partial charge >= 0.3 is 0 Å². The van der Waals surface area contributed by atoms with Crippen LogP contribution in [0.3, 0.4) is 0 Å². The molecule has 0 saturated heterocycles. The van der Waals surface area contributed by atoms with Gasteiger partial charge in [-0.1, -0.05) is 41.8 Å². The Morgan fingerprint density at radius 2 is 2.18 bits per heavy atom. The minimum absolute atomic E-state index is 0.723. The van der Waals surface area contributed by atoms with Gasteiger partial charge in [0.25, 0.3) is 0 Å². The van der Waals surface area contributed by atoms with Crippen molar-refractivity contribution in [2.45, 2.75) is 52.6 Å². The Morgan fingerprint density at radius 3 is 2.88 bits per heavy atom. The van der Waals surface area contributed by atoms with Crippen LogP contribution in [-0.2, 0) is 0 Å². The van der Waals surface area contributed by atoms with Crippen molar-refractivity contribution in [1.82, 2.24) is 15.5 Å². The van der Waals surface area contributed by atoms with Crippen LogP contribution in [0, 0.1) is 0 Å². The molecule has 0 aromatic carbocycles. The zero-order valence-electron chi connectivity index (χ0n) is 10.3. The largest absolute Gasteiger partial charge is 0.314 e. The van der Waals surface area contributed by atoms with Crippen molar-refractivity contribution in [2.24, 2.45) is 0 Å². The Balaban J connectivity index is 1.77. The van der Waals surface area contributed by atoms with E-state index in [0.717, 1.165) is 26.5 Å². The van der Waals surface area contributed by atoms with E-state index in [0.29, 0.717) is 0 Å². The summed E-state index contributed by atoms with van der Waals surface area (Å²) in [7, 11) is 0. The summed E-state index contributed by atoms with van der Waals surface area (Å²) in [4.78, 5) is 0. The van der Waals surface area contributed by atoms with E-state index in [2.05, 4.69) is 28.7 Å². The third kappa shape index (κ3) is 4.12. The minimum Gasteiger partial charge on any atom is -0.314 e. The summed E-state index contributed by atoms with van der Waals surface area (Å²) in [6, 6.07) is 0.723. The van der Waals surface area contributed by atoms with Crippen LogP contribution in [-0.4, -0.2) is 34.3 Å². The zero-order valence-corrected chi connectivity index (χ0v) is 12.8. The first-order valence-electron chi connectivity index (χ1n) is 6.09. The van der Waals surface area contributed by atoms with Crippen LogP contribution in [0.25, 0.3) is 0 Å². The maximum absolute atomic E-state index is 4.23. The fourth-order valence-corrected chi connectivity index (χ4v) is 5.01. The summed E-state index contributed by atoms with van der Waals surface area (Å²) >= 11 is 5.32. The topological polar surface area (TPSA) is 37.8 Å². The number of thioether (sulfide) groups is 2. The molecule has 1 saturated carbocycles. The summed E-state index contributed by atoms with van der Waals surface area (Å²) in [5, 5.41) is 12.7. The van der Waals surface area contributed by atoms with Gasteiger partial charge in [-0.25, -0.2) is 0 Å². The van der Waals surface area contributed by atoms with Crippen molar-refractivity contribution in [3.05, 3.63) is 0 Å². The first kappa shape index (κ1) is 13.6. The number of hydrogen-bond acceptors (Lipinski definition) is 6. The van der Waals surface area contributed by atoms with Crippen LogP contribution >= 0.6 is 34.9 Å². The normalized spacial score (nSPS) is 24.4. The molecule has 96 valence electrons. The molecule has 0 aliphatic heterocycles. The van der Waals surface area contributed by atoms with E-state index in [9.17, 15) is 0 Å². The maximum Gasteiger partial charge on any atom is 0.175 e. The van der Waals surface area contributed by atoms with Gasteiger partial charge in [0.15, 0.2) is 8.68 Å². The van der Waals surface area contributed by atoms with Crippen molar-refractivity contribution < 1.29 is 0 Å². The lowest BCUT2D eigenvalue weighted by Crippen LogP contribution is -2.27. The average molecular weight is 289 g/mol. The smallest absolute Gasteiger partial charge is 0.175 e. The van der Waals surface area contributed by atoms with E-state index >= 15 is 0 Å². The SMILES string of the molecule is CCCNC1CCC(Sc2nnc(SC)s2)C1. The fraction of sp³-hybridized carbons (Fsp3) is 0.818. The summed E-state index contributed by atoms with van der Waals surface area (Å²) in [6.45, 7) is 3.37. The van der Waals surface area contributed by atoms with Gasteiger partial charge in [-0.15, -0.1) is 10.2 Å². The maximum atomic E-state index is 4.23. The van der Waals surface area contributed by atoms with E-state index < -0.39 is 0 Å². The Morgan fingerprint density at radius 1 is 1.35 bits per heavy atom.